The van der Waals surface area contributed by atoms with Gasteiger partial charge in [0.25, 0.3) is 0 Å². The first kappa shape index (κ1) is 32.7. The third-order valence-electron chi connectivity index (χ3n) is 6.78. The standard InChI is InChI=1S/C32H32BrFN4O5S2/c1-3-12-45(39,40)13-11-42-10-9-31-38-28(19-44-31)24-16-25-27(17-30(24)41-2)35-20-36-32(25)37-23-7-8-29(26(33)15-23)43-18-21-5-4-6-22(34)14-21/h4-8,14-17,19-20H,3,9-13,18H2,1-2H3,(H,35,36,37). The lowest BCUT2D eigenvalue weighted by Gasteiger charge is -2.13. The smallest absolute Gasteiger partial charge is 0.152 e. The predicted molar refractivity (Wildman–Crippen MR) is 179 cm³/mol. The number of hydrogen-bond donors (Lipinski definition) is 1. The van der Waals surface area contributed by atoms with Crippen molar-refractivity contribution >= 4 is 59.5 Å². The van der Waals surface area contributed by atoms with Crippen LogP contribution in [0.4, 0.5) is 15.9 Å². The van der Waals surface area contributed by atoms with E-state index >= 15 is 0 Å². The maximum Gasteiger partial charge on any atom is 0.152 e. The molecule has 0 atom stereocenters. The molecule has 1 N–H and O–H groups in total. The number of fused-ring (bicyclic) bond motifs is 1. The van der Waals surface area contributed by atoms with Gasteiger partial charge in [0.2, 0.25) is 0 Å². The maximum absolute atomic E-state index is 13.5. The van der Waals surface area contributed by atoms with Gasteiger partial charge in [0, 0.05) is 40.3 Å². The number of rotatable bonds is 15. The summed E-state index contributed by atoms with van der Waals surface area (Å²) in [7, 11) is -1.46. The van der Waals surface area contributed by atoms with Crippen LogP contribution in [0.1, 0.15) is 23.9 Å². The average Bonchev–Trinajstić information content (AvgIpc) is 3.49. The minimum atomic E-state index is -3.06. The van der Waals surface area contributed by atoms with Crippen LogP contribution in [0.2, 0.25) is 0 Å². The van der Waals surface area contributed by atoms with Crippen molar-refractivity contribution in [3.05, 3.63) is 87.2 Å². The summed E-state index contributed by atoms with van der Waals surface area (Å²) in [5, 5.41) is 6.98. The number of aromatic nitrogens is 3. The van der Waals surface area contributed by atoms with E-state index in [2.05, 4.69) is 31.2 Å². The molecule has 236 valence electrons. The molecule has 0 aliphatic heterocycles. The zero-order valence-electron chi connectivity index (χ0n) is 24.8. The van der Waals surface area contributed by atoms with Crippen LogP contribution in [0.25, 0.3) is 22.2 Å². The highest BCUT2D eigenvalue weighted by Crippen LogP contribution is 2.37. The molecule has 0 aliphatic carbocycles. The Morgan fingerprint density at radius 1 is 1.02 bits per heavy atom. The Morgan fingerprint density at radius 2 is 1.89 bits per heavy atom. The van der Waals surface area contributed by atoms with E-state index in [1.54, 1.807) is 13.2 Å². The number of hydrogen-bond acceptors (Lipinski definition) is 10. The van der Waals surface area contributed by atoms with E-state index in [0.29, 0.717) is 42.3 Å². The predicted octanol–water partition coefficient (Wildman–Crippen LogP) is 7.37. The van der Waals surface area contributed by atoms with E-state index in [0.717, 1.165) is 37.4 Å². The third-order valence-corrected chi connectivity index (χ3v) is 10.1. The first-order chi connectivity index (χ1) is 21.7. The summed E-state index contributed by atoms with van der Waals surface area (Å²) in [6.45, 7) is 2.64. The van der Waals surface area contributed by atoms with E-state index in [1.165, 1.54) is 29.8 Å². The molecule has 0 fully saturated rings. The van der Waals surface area contributed by atoms with Gasteiger partial charge < -0.3 is 19.5 Å². The average molecular weight is 716 g/mol. The molecule has 0 saturated carbocycles. The molecule has 9 nitrogen and oxygen atoms in total. The van der Waals surface area contributed by atoms with Crippen LogP contribution < -0.4 is 14.8 Å². The Hall–Kier alpha value is -3.65. The Morgan fingerprint density at radius 3 is 2.67 bits per heavy atom. The van der Waals surface area contributed by atoms with Gasteiger partial charge in [-0.1, -0.05) is 19.1 Å². The molecular weight excluding hydrogens is 683 g/mol. The number of benzene rings is 3. The molecule has 0 aliphatic rings. The number of anilines is 2. The molecule has 2 heterocycles. The van der Waals surface area contributed by atoms with Crippen molar-refractivity contribution in [1.82, 2.24) is 15.0 Å². The van der Waals surface area contributed by atoms with Gasteiger partial charge >= 0.3 is 0 Å². The fourth-order valence-corrected chi connectivity index (χ4v) is 7.05. The van der Waals surface area contributed by atoms with Gasteiger partial charge in [0.05, 0.1) is 46.8 Å². The SMILES string of the molecule is CCCS(=O)(=O)CCOCCc1nc(-c2cc3c(Nc4ccc(OCc5cccc(F)c5)c(Br)c4)ncnc3cc2OC)cs1. The lowest BCUT2D eigenvalue weighted by Crippen LogP contribution is -2.16. The molecule has 5 rings (SSSR count). The zero-order valence-corrected chi connectivity index (χ0v) is 28.0. The quantitative estimate of drug-likeness (QED) is 0.111. The molecule has 5 aromatic rings. The molecular formula is C32H32BrFN4O5S2. The van der Waals surface area contributed by atoms with Crippen molar-refractivity contribution in [2.24, 2.45) is 0 Å². The van der Waals surface area contributed by atoms with Crippen molar-refractivity contribution < 1.29 is 27.0 Å². The normalized spacial score (nSPS) is 11.6. The van der Waals surface area contributed by atoms with Gasteiger partial charge in [-0.2, -0.15) is 0 Å². The topological polar surface area (TPSA) is 113 Å². The van der Waals surface area contributed by atoms with Crippen molar-refractivity contribution in [3.8, 4) is 22.8 Å². The van der Waals surface area contributed by atoms with Gasteiger partial charge in [-0.25, -0.2) is 27.8 Å². The molecule has 0 saturated heterocycles. The Labute approximate surface area is 273 Å². The molecule has 3 aromatic carbocycles. The molecule has 0 spiro atoms. The second-order valence-corrected chi connectivity index (χ2v) is 14.2. The molecule has 0 amide bonds. The summed E-state index contributed by atoms with van der Waals surface area (Å²) in [6.07, 6.45) is 2.66. The maximum atomic E-state index is 13.5. The molecule has 0 bridgehead atoms. The van der Waals surface area contributed by atoms with Gasteiger partial charge in [-0.05, 0) is 64.3 Å². The fourth-order valence-electron chi connectivity index (χ4n) is 4.58. The van der Waals surface area contributed by atoms with Crippen LogP contribution in [0.15, 0.2) is 70.8 Å². The van der Waals surface area contributed by atoms with Crippen LogP contribution in [-0.2, 0) is 27.6 Å². The minimum absolute atomic E-state index is 0.0299. The first-order valence-electron chi connectivity index (χ1n) is 14.2. The highest BCUT2D eigenvalue weighted by molar-refractivity contribution is 9.10. The van der Waals surface area contributed by atoms with Gasteiger partial charge in [-0.3, -0.25) is 0 Å². The molecule has 0 radical (unpaired) electrons. The first-order valence-corrected chi connectivity index (χ1v) is 17.7. The molecule has 0 unspecified atom stereocenters. The van der Waals surface area contributed by atoms with Crippen LogP contribution in [0.3, 0.4) is 0 Å². The fraction of sp³-hybridized carbons (Fsp3) is 0.281. The summed E-state index contributed by atoms with van der Waals surface area (Å²) >= 11 is 5.08. The lowest BCUT2D eigenvalue weighted by atomic mass is 10.1. The number of thiazole rings is 1. The van der Waals surface area contributed by atoms with E-state index < -0.39 is 9.84 Å². The summed E-state index contributed by atoms with van der Waals surface area (Å²) in [5.41, 5.74) is 3.74. The van der Waals surface area contributed by atoms with Crippen molar-refractivity contribution in [3.63, 3.8) is 0 Å². The number of nitrogens with zero attached hydrogens (tertiary/aromatic N) is 3. The van der Waals surface area contributed by atoms with Gasteiger partial charge in [-0.15, -0.1) is 11.3 Å². The monoisotopic (exact) mass is 714 g/mol. The summed E-state index contributed by atoms with van der Waals surface area (Å²) in [6, 6.07) is 15.7. The van der Waals surface area contributed by atoms with Gasteiger partial charge in [0.1, 0.15) is 36.1 Å². The largest absolute Gasteiger partial charge is 0.496 e. The minimum Gasteiger partial charge on any atom is -0.496 e. The third kappa shape index (κ3) is 8.75. The second kappa shape index (κ2) is 15.1. The van der Waals surface area contributed by atoms with E-state index in [4.69, 9.17) is 19.2 Å². The molecule has 45 heavy (non-hydrogen) atoms. The highest BCUT2D eigenvalue weighted by atomic mass is 79.9. The Bertz CT molecular complexity index is 1890. The number of sulfone groups is 1. The summed E-state index contributed by atoms with van der Waals surface area (Å²) in [5.74, 6) is 1.76. The van der Waals surface area contributed by atoms with Crippen LogP contribution in [-0.4, -0.2) is 55.2 Å². The van der Waals surface area contributed by atoms with E-state index in [1.807, 2.05) is 48.7 Å². The summed E-state index contributed by atoms with van der Waals surface area (Å²) < 4.78 is 55.1. The van der Waals surface area contributed by atoms with E-state index in [9.17, 15) is 12.8 Å². The zero-order chi connectivity index (χ0) is 31.8. The lowest BCUT2D eigenvalue weighted by molar-refractivity contribution is 0.152. The van der Waals surface area contributed by atoms with Crippen molar-refractivity contribution in [1.29, 1.82) is 0 Å². The number of methoxy groups -OCH3 is 1. The molecule has 2 aromatic heterocycles. The van der Waals surface area contributed by atoms with E-state index in [-0.39, 0.29) is 30.5 Å². The van der Waals surface area contributed by atoms with Crippen LogP contribution in [0, 0.1) is 5.82 Å². The van der Waals surface area contributed by atoms with Gasteiger partial charge in [0.15, 0.2) is 9.84 Å². The van der Waals surface area contributed by atoms with Crippen LogP contribution in [0.5, 0.6) is 11.5 Å². The highest BCUT2D eigenvalue weighted by Gasteiger charge is 2.16. The number of ether oxygens (including phenoxy) is 3. The molecule has 13 heteroatoms. The Kier molecular flexibility index (Phi) is 11.0. The second-order valence-electron chi connectivity index (χ2n) is 10.1. The number of nitrogens with one attached hydrogen (secondary N) is 1. The Balaban J connectivity index is 1.29. The van der Waals surface area contributed by atoms with Crippen molar-refractivity contribution in [2.75, 3.05) is 37.1 Å². The number of halogens is 2. The van der Waals surface area contributed by atoms with Crippen molar-refractivity contribution in [2.45, 2.75) is 26.4 Å². The van der Waals surface area contributed by atoms with Crippen LogP contribution >= 0.6 is 27.3 Å². The summed E-state index contributed by atoms with van der Waals surface area (Å²) in [4.78, 5) is 13.7.